The molecule has 1 fully saturated rings. The Balaban J connectivity index is 1.87. The standard InChI is InChI=1S/C16H25NO/c1-16(2,3)14-8-6-13(7-9-14)15(17)11-18-10-12-4-5-12/h6-9,12,15H,4-5,10-11,17H2,1-3H3. The maximum absolute atomic E-state index is 6.14. The number of rotatable bonds is 5. The third-order valence-electron chi connectivity index (χ3n) is 3.55. The van der Waals surface area contributed by atoms with E-state index in [2.05, 4.69) is 45.0 Å². The molecule has 1 atom stereocenters. The van der Waals surface area contributed by atoms with Gasteiger partial charge in [-0.25, -0.2) is 0 Å². The SMILES string of the molecule is CC(C)(C)c1ccc(C(N)COCC2CC2)cc1. The van der Waals surface area contributed by atoms with Gasteiger partial charge >= 0.3 is 0 Å². The molecule has 0 spiro atoms. The van der Waals surface area contributed by atoms with Crippen molar-refractivity contribution in [3.63, 3.8) is 0 Å². The summed E-state index contributed by atoms with van der Waals surface area (Å²) >= 11 is 0. The summed E-state index contributed by atoms with van der Waals surface area (Å²) in [4.78, 5) is 0. The van der Waals surface area contributed by atoms with Crippen LogP contribution in [0.4, 0.5) is 0 Å². The fraction of sp³-hybridized carbons (Fsp3) is 0.625. The van der Waals surface area contributed by atoms with Crippen molar-refractivity contribution in [2.24, 2.45) is 11.7 Å². The van der Waals surface area contributed by atoms with Crippen LogP contribution < -0.4 is 5.73 Å². The number of benzene rings is 1. The van der Waals surface area contributed by atoms with E-state index >= 15 is 0 Å². The minimum atomic E-state index is -0.00207. The Kier molecular flexibility index (Phi) is 4.08. The zero-order valence-electron chi connectivity index (χ0n) is 11.8. The molecular formula is C16H25NO. The molecule has 1 aliphatic carbocycles. The highest BCUT2D eigenvalue weighted by molar-refractivity contribution is 5.29. The summed E-state index contributed by atoms with van der Waals surface area (Å²) in [5.41, 5.74) is 8.85. The molecule has 0 saturated heterocycles. The van der Waals surface area contributed by atoms with Gasteiger partial charge in [-0.15, -0.1) is 0 Å². The molecule has 0 aromatic heterocycles. The van der Waals surface area contributed by atoms with Crippen LogP contribution in [0.25, 0.3) is 0 Å². The van der Waals surface area contributed by atoms with Crippen molar-refractivity contribution >= 4 is 0 Å². The van der Waals surface area contributed by atoms with Crippen molar-refractivity contribution in [3.05, 3.63) is 35.4 Å². The number of nitrogens with two attached hydrogens (primary N) is 1. The van der Waals surface area contributed by atoms with Crippen LogP contribution >= 0.6 is 0 Å². The zero-order chi connectivity index (χ0) is 13.2. The minimum absolute atomic E-state index is 0.00207. The van der Waals surface area contributed by atoms with Gasteiger partial charge < -0.3 is 10.5 Å². The van der Waals surface area contributed by atoms with E-state index in [1.54, 1.807) is 0 Å². The van der Waals surface area contributed by atoms with Gasteiger partial charge in [0.15, 0.2) is 0 Å². The van der Waals surface area contributed by atoms with E-state index in [1.807, 2.05) is 0 Å². The second-order valence-electron chi connectivity index (χ2n) is 6.46. The van der Waals surface area contributed by atoms with E-state index < -0.39 is 0 Å². The average Bonchev–Trinajstić information content (AvgIpc) is 3.12. The van der Waals surface area contributed by atoms with Gasteiger partial charge in [0, 0.05) is 6.61 Å². The molecule has 1 aromatic rings. The topological polar surface area (TPSA) is 35.2 Å². The van der Waals surface area contributed by atoms with Gasteiger partial charge in [0.25, 0.3) is 0 Å². The van der Waals surface area contributed by atoms with E-state index in [9.17, 15) is 0 Å². The maximum atomic E-state index is 6.14. The lowest BCUT2D eigenvalue weighted by Crippen LogP contribution is -2.18. The highest BCUT2D eigenvalue weighted by Gasteiger charge is 2.21. The molecule has 2 heteroatoms. The second kappa shape index (κ2) is 5.41. The molecule has 0 heterocycles. The van der Waals surface area contributed by atoms with Crippen LogP contribution in [-0.2, 0) is 10.2 Å². The molecule has 2 nitrogen and oxygen atoms in total. The minimum Gasteiger partial charge on any atom is -0.379 e. The van der Waals surface area contributed by atoms with Crippen LogP contribution in [0.3, 0.4) is 0 Å². The van der Waals surface area contributed by atoms with Crippen molar-refractivity contribution in [2.75, 3.05) is 13.2 Å². The van der Waals surface area contributed by atoms with Gasteiger partial charge in [-0.05, 0) is 35.3 Å². The third kappa shape index (κ3) is 3.82. The molecule has 1 unspecified atom stereocenters. The average molecular weight is 247 g/mol. The molecule has 0 amide bonds. The van der Waals surface area contributed by atoms with Crippen LogP contribution in [0.5, 0.6) is 0 Å². The van der Waals surface area contributed by atoms with Crippen molar-refractivity contribution < 1.29 is 4.74 Å². The van der Waals surface area contributed by atoms with Crippen LogP contribution in [0.2, 0.25) is 0 Å². The van der Waals surface area contributed by atoms with Crippen LogP contribution in [-0.4, -0.2) is 13.2 Å². The van der Waals surface area contributed by atoms with Gasteiger partial charge in [-0.2, -0.15) is 0 Å². The molecule has 100 valence electrons. The lowest BCUT2D eigenvalue weighted by Gasteiger charge is -2.20. The van der Waals surface area contributed by atoms with Crippen LogP contribution in [0.15, 0.2) is 24.3 Å². The molecule has 0 bridgehead atoms. The Morgan fingerprint density at radius 1 is 1.22 bits per heavy atom. The predicted octanol–water partition coefficient (Wildman–Crippen LogP) is 3.41. The second-order valence-corrected chi connectivity index (χ2v) is 6.46. The summed E-state index contributed by atoms with van der Waals surface area (Å²) in [6.45, 7) is 8.18. The Labute approximate surface area is 111 Å². The Bertz CT molecular complexity index is 373. The zero-order valence-corrected chi connectivity index (χ0v) is 11.8. The first kappa shape index (κ1) is 13.6. The molecule has 0 aliphatic heterocycles. The first-order valence-corrected chi connectivity index (χ1v) is 6.90. The Morgan fingerprint density at radius 3 is 2.33 bits per heavy atom. The number of ether oxygens (including phenoxy) is 1. The molecule has 18 heavy (non-hydrogen) atoms. The van der Waals surface area contributed by atoms with Gasteiger partial charge in [0.05, 0.1) is 12.6 Å². The fourth-order valence-corrected chi connectivity index (χ4v) is 1.97. The first-order chi connectivity index (χ1) is 8.47. The monoisotopic (exact) mass is 247 g/mol. The van der Waals surface area contributed by atoms with Gasteiger partial charge in [0.1, 0.15) is 0 Å². The highest BCUT2D eigenvalue weighted by Crippen LogP contribution is 2.29. The first-order valence-electron chi connectivity index (χ1n) is 6.90. The van der Waals surface area contributed by atoms with E-state index in [0.717, 1.165) is 12.5 Å². The van der Waals surface area contributed by atoms with Crippen molar-refractivity contribution in [2.45, 2.75) is 45.1 Å². The summed E-state index contributed by atoms with van der Waals surface area (Å²) in [6, 6.07) is 8.61. The molecule has 0 radical (unpaired) electrons. The van der Waals surface area contributed by atoms with Gasteiger partial charge in [0.2, 0.25) is 0 Å². The quantitative estimate of drug-likeness (QED) is 0.865. The highest BCUT2D eigenvalue weighted by atomic mass is 16.5. The summed E-state index contributed by atoms with van der Waals surface area (Å²) in [5.74, 6) is 0.806. The Hall–Kier alpha value is -0.860. The number of hydrogen-bond donors (Lipinski definition) is 1. The smallest absolute Gasteiger partial charge is 0.0659 e. The third-order valence-corrected chi connectivity index (χ3v) is 3.55. The molecule has 2 rings (SSSR count). The normalized spacial score (nSPS) is 17.8. The molecular weight excluding hydrogens is 222 g/mol. The summed E-state index contributed by atoms with van der Waals surface area (Å²) in [6.07, 6.45) is 2.66. The number of hydrogen-bond acceptors (Lipinski definition) is 2. The van der Waals surface area contributed by atoms with Crippen molar-refractivity contribution in [1.82, 2.24) is 0 Å². The van der Waals surface area contributed by atoms with Crippen molar-refractivity contribution in [3.8, 4) is 0 Å². The van der Waals surface area contributed by atoms with E-state index in [4.69, 9.17) is 10.5 Å². The Morgan fingerprint density at radius 2 is 1.83 bits per heavy atom. The molecule has 1 aliphatic rings. The van der Waals surface area contributed by atoms with Gasteiger partial charge in [-0.1, -0.05) is 45.0 Å². The largest absolute Gasteiger partial charge is 0.379 e. The summed E-state index contributed by atoms with van der Waals surface area (Å²) in [5, 5.41) is 0. The predicted molar refractivity (Wildman–Crippen MR) is 75.6 cm³/mol. The summed E-state index contributed by atoms with van der Waals surface area (Å²) < 4.78 is 5.65. The van der Waals surface area contributed by atoms with Gasteiger partial charge in [-0.3, -0.25) is 0 Å². The fourth-order valence-electron chi connectivity index (χ4n) is 1.97. The lowest BCUT2D eigenvalue weighted by atomic mass is 9.86. The summed E-state index contributed by atoms with van der Waals surface area (Å²) in [7, 11) is 0. The molecule has 1 saturated carbocycles. The van der Waals surface area contributed by atoms with E-state index in [1.165, 1.54) is 24.0 Å². The lowest BCUT2D eigenvalue weighted by molar-refractivity contribution is 0.112. The maximum Gasteiger partial charge on any atom is 0.0659 e. The molecule has 1 aromatic carbocycles. The van der Waals surface area contributed by atoms with E-state index in [0.29, 0.717) is 6.61 Å². The van der Waals surface area contributed by atoms with E-state index in [-0.39, 0.29) is 11.5 Å². The molecule has 2 N–H and O–H groups in total. The van der Waals surface area contributed by atoms with Crippen LogP contribution in [0, 0.1) is 5.92 Å². The van der Waals surface area contributed by atoms with Crippen LogP contribution in [0.1, 0.15) is 50.8 Å². The van der Waals surface area contributed by atoms with Crippen molar-refractivity contribution in [1.29, 1.82) is 0 Å².